The maximum absolute atomic E-state index is 10.5. The van der Waals surface area contributed by atoms with Crippen LogP contribution in [0.15, 0.2) is 0 Å². The van der Waals surface area contributed by atoms with E-state index in [4.69, 9.17) is 5.11 Å². The zero-order valence-corrected chi connectivity index (χ0v) is 14.8. The first kappa shape index (κ1) is 20.4. The van der Waals surface area contributed by atoms with Gasteiger partial charge in [-0.05, 0) is 43.9 Å². The van der Waals surface area contributed by atoms with Gasteiger partial charge in [0.1, 0.15) is 0 Å². The summed E-state index contributed by atoms with van der Waals surface area (Å²) in [6, 6.07) is 0. The van der Waals surface area contributed by atoms with Crippen LogP contribution >= 0.6 is 0 Å². The van der Waals surface area contributed by atoms with Crippen molar-refractivity contribution in [3.05, 3.63) is 0 Å². The number of carbonyl (C=O) groups is 1. The van der Waals surface area contributed by atoms with Gasteiger partial charge in [0.2, 0.25) is 0 Å². The topological polar surface area (TPSA) is 77.8 Å². The van der Waals surface area contributed by atoms with E-state index in [1.807, 2.05) is 0 Å². The predicted molar refractivity (Wildman–Crippen MR) is 92.3 cm³/mol. The molecule has 1 saturated carbocycles. The van der Waals surface area contributed by atoms with Crippen LogP contribution in [0.3, 0.4) is 0 Å². The van der Waals surface area contributed by atoms with Crippen molar-refractivity contribution in [2.24, 2.45) is 11.8 Å². The van der Waals surface area contributed by atoms with Crippen molar-refractivity contribution < 1.29 is 20.1 Å². The van der Waals surface area contributed by atoms with Gasteiger partial charge in [0, 0.05) is 6.42 Å². The Labute approximate surface area is 141 Å². The van der Waals surface area contributed by atoms with Crippen molar-refractivity contribution in [2.45, 2.75) is 103 Å². The molecule has 0 heterocycles. The molecule has 1 aliphatic rings. The van der Waals surface area contributed by atoms with Gasteiger partial charge in [-0.1, -0.05) is 51.9 Å². The fraction of sp³-hybridized carbons (Fsp3) is 0.947. The van der Waals surface area contributed by atoms with Gasteiger partial charge in [0.25, 0.3) is 0 Å². The van der Waals surface area contributed by atoms with E-state index >= 15 is 0 Å². The number of carboxylic acid groups (broad SMARTS) is 1. The molecule has 0 aromatic carbocycles. The summed E-state index contributed by atoms with van der Waals surface area (Å²) in [5.74, 6) is -0.233. The molecule has 1 aliphatic carbocycles. The minimum absolute atomic E-state index is 0.232. The monoisotopic (exact) mass is 328 g/mol. The highest BCUT2D eigenvalue weighted by Crippen LogP contribution is 2.39. The molecule has 0 spiro atoms. The van der Waals surface area contributed by atoms with Crippen LogP contribution in [0.1, 0.15) is 90.4 Å². The van der Waals surface area contributed by atoms with E-state index in [-0.39, 0.29) is 30.5 Å². The first-order valence-electron chi connectivity index (χ1n) is 9.64. The number of aliphatic carboxylic acids is 1. The Balaban J connectivity index is 2.23. The van der Waals surface area contributed by atoms with Gasteiger partial charge >= 0.3 is 5.97 Å². The van der Waals surface area contributed by atoms with Gasteiger partial charge in [-0.15, -0.1) is 0 Å². The van der Waals surface area contributed by atoms with Crippen LogP contribution in [0.25, 0.3) is 0 Å². The van der Waals surface area contributed by atoms with Crippen LogP contribution in [-0.4, -0.2) is 33.5 Å². The Morgan fingerprint density at radius 1 is 1.04 bits per heavy atom. The van der Waals surface area contributed by atoms with Crippen molar-refractivity contribution >= 4 is 5.97 Å². The van der Waals surface area contributed by atoms with Crippen molar-refractivity contribution in [2.75, 3.05) is 0 Å². The first-order valence-corrected chi connectivity index (χ1v) is 9.64. The average molecular weight is 328 g/mol. The SMILES string of the molecule is CCCCCCC(O)C1CCC(O)C1CCCCCCC(=O)O. The number of rotatable bonds is 13. The van der Waals surface area contributed by atoms with E-state index in [0.717, 1.165) is 57.8 Å². The van der Waals surface area contributed by atoms with Gasteiger partial charge in [0.15, 0.2) is 0 Å². The van der Waals surface area contributed by atoms with E-state index < -0.39 is 5.97 Å². The Morgan fingerprint density at radius 2 is 1.74 bits per heavy atom. The van der Waals surface area contributed by atoms with Gasteiger partial charge in [-0.2, -0.15) is 0 Å². The lowest BCUT2D eigenvalue weighted by Gasteiger charge is -2.26. The fourth-order valence-corrected chi connectivity index (χ4v) is 3.97. The first-order chi connectivity index (χ1) is 11.1. The number of aliphatic hydroxyl groups excluding tert-OH is 2. The molecule has 0 radical (unpaired) electrons. The highest BCUT2D eigenvalue weighted by molar-refractivity contribution is 5.66. The molecule has 0 aliphatic heterocycles. The third-order valence-corrected chi connectivity index (χ3v) is 5.37. The lowest BCUT2D eigenvalue weighted by atomic mass is 9.84. The second kappa shape index (κ2) is 11.9. The van der Waals surface area contributed by atoms with Gasteiger partial charge in [-0.3, -0.25) is 4.79 Å². The highest BCUT2D eigenvalue weighted by Gasteiger charge is 2.38. The molecule has 4 unspecified atom stereocenters. The molecule has 0 amide bonds. The summed E-state index contributed by atoms with van der Waals surface area (Å²) < 4.78 is 0. The molecular weight excluding hydrogens is 292 g/mol. The summed E-state index contributed by atoms with van der Waals surface area (Å²) in [6.07, 6.45) is 11.8. The molecule has 1 rings (SSSR count). The number of aliphatic hydroxyl groups is 2. The standard InChI is InChI=1S/C19H36O4/c1-2-3-4-8-11-17(20)16-13-14-18(21)15(16)10-7-5-6-9-12-19(22)23/h15-18,20-21H,2-14H2,1H3,(H,22,23). The Bertz CT molecular complexity index is 318. The van der Waals surface area contributed by atoms with Gasteiger partial charge < -0.3 is 15.3 Å². The molecule has 4 atom stereocenters. The molecule has 0 bridgehead atoms. The van der Waals surface area contributed by atoms with Crippen molar-refractivity contribution in [1.29, 1.82) is 0 Å². The Morgan fingerprint density at radius 3 is 2.43 bits per heavy atom. The number of unbranched alkanes of at least 4 members (excludes halogenated alkanes) is 6. The van der Waals surface area contributed by atoms with Crippen LogP contribution in [0, 0.1) is 11.8 Å². The van der Waals surface area contributed by atoms with Crippen molar-refractivity contribution in [1.82, 2.24) is 0 Å². The third kappa shape index (κ3) is 8.16. The fourth-order valence-electron chi connectivity index (χ4n) is 3.97. The van der Waals surface area contributed by atoms with Gasteiger partial charge in [-0.25, -0.2) is 0 Å². The van der Waals surface area contributed by atoms with Crippen LogP contribution in [0.4, 0.5) is 0 Å². The minimum atomic E-state index is -0.720. The van der Waals surface area contributed by atoms with E-state index in [2.05, 4.69) is 6.92 Å². The quantitative estimate of drug-likeness (QED) is 0.444. The molecule has 1 fully saturated rings. The summed E-state index contributed by atoms with van der Waals surface area (Å²) in [6.45, 7) is 2.19. The summed E-state index contributed by atoms with van der Waals surface area (Å²) in [4.78, 5) is 10.5. The van der Waals surface area contributed by atoms with Crippen LogP contribution in [0.2, 0.25) is 0 Å². The molecule has 0 saturated heterocycles. The molecule has 0 aromatic heterocycles. The lowest BCUT2D eigenvalue weighted by Crippen LogP contribution is -2.28. The van der Waals surface area contributed by atoms with Crippen LogP contribution < -0.4 is 0 Å². The maximum atomic E-state index is 10.5. The summed E-state index contributed by atoms with van der Waals surface area (Å²) in [5, 5.41) is 29.3. The molecule has 23 heavy (non-hydrogen) atoms. The zero-order chi connectivity index (χ0) is 17.1. The van der Waals surface area contributed by atoms with Crippen LogP contribution in [-0.2, 0) is 4.79 Å². The normalized spacial score (nSPS) is 25.6. The predicted octanol–water partition coefficient (Wildman–Crippen LogP) is 4.13. The molecule has 4 heteroatoms. The molecular formula is C19H36O4. The minimum Gasteiger partial charge on any atom is -0.481 e. The van der Waals surface area contributed by atoms with E-state index in [0.29, 0.717) is 0 Å². The Hall–Kier alpha value is -0.610. The second-order valence-electron chi connectivity index (χ2n) is 7.24. The van der Waals surface area contributed by atoms with E-state index in [1.54, 1.807) is 0 Å². The number of hydrogen-bond acceptors (Lipinski definition) is 3. The average Bonchev–Trinajstić information content (AvgIpc) is 2.88. The smallest absolute Gasteiger partial charge is 0.303 e. The summed E-state index contributed by atoms with van der Waals surface area (Å²) in [5.41, 5.74) is 0. The summed E-state index contributed by atoms with van der Waals surface area (Å²) in [7, 11) is 0. The van der Waals surface area contributed by atoms with Gasteiger partial charge in [0.05, 0.1) is 12.2 Å². The number of hydrogen-bond donors (Lipinski definition) is 3. The molecule has 136 valence electrons. The maximum Gasteiger partial charge on any atom is 0.303 e. The third-order valence-electron chi connectivity index (χ3n) is 5.37. The van der Waals surface area contributed by atoms with E-state index in [1.165, 1.54) is 19.3 Å². The van der Waals surface area contributed by atoms with Crippen molar-refractivity contribution in [3.63, 3.8) is 0 Å². The highest BCUT2D eigenvalue weighted by atomic mass is 16.4. The van der Waals surface area contributed by atoms with E-state index in [9.17, 15) is 15.0 Å². The second-order valence-corrected chi connectivity index (χ2v) is 7.24. The molecule has 4 nitrogen and oxygen atoms in total. The Kier molecular flexibility index (Phi) is 10.5. The van der Waals surface area contributed by atoms with Crippen LogP contribution in [0.5, 0.6) is 0 Å². The largest absolute Gasteiger partial charge is 0.481 e. The van der Waals surface area contributed by atoms with Crippen molar-refractivity contribution in [3.8, 4) is 0 Å². The zero-order valence-electron chi connectivity index (χ0n) is 14.8. The molecule has 3 N–H and O–H groups in total. The number of carboxylic acids is 1. The molecule has 0 aromatic rings. The lowest BCUT2D eigenvalue weighted by molar-refractivity contribution is -0.137. The summed E-state index contributed by atoms with van der Waals surface area (Å²) >= 11 is 0.